The molecule has 0 aliphatic carbocycles. The highest BCUT2D eigenvalue weighted by Gasteiger charge is 2.26. The van der Waals surface area contributed by atoms with Gasteiger partial charge in [-0.05, 0) is 32.9 Å². The Balaban J connectivity index is 2.03. The number of carbonyl (C=O) groups is 1. The zero-order chi connectivity index (χ0) is 15.9. The van der Waals surface area contributed by atoms with Crippen LogP contribution in [0.2, 0.25) is 0 Å². The fraction of sp³-hybridized carbons (Fsp3) is 0.688. The van der Waals surface area contributed by atoms with Crippen molar-refractivity contribution in [3.05, 3.63) is 23.7 Å². The van der Waals surface area contributed by atoms with E-state index in [2.05, 4.69) is 10.2 Å². The molecule has 2 amide bonds. The standard InChI is InChI=1S/C16H27N3O3/c1-4-18(5-2)16(20)17-12-14(15-7-6-13(3)22-15)19-8-10-21-11-9-19/h6-7,14H,4-5,8-12H2,1-3H3,(H,17,20)/t14-/m1/s1. The van der Waals surface area contributed by atoms with Gasteiger partial charge in [-0.25, -0.2) is 4.79 Å². The summed E-state index contributed by atoms with van der Waals surface area (Å²) in [5.41, 5.74) is 0. The predicted octanol–water partition coefficient (Wildman–Crippen LogP) is 2.01. The first-order valence-corrected chi connectivity index (χ1v) is 8.06. The molecule has 6 nitrogen and oxygen atoms in total. The van der Waals surface area contributed by atoms with Crippen molar-refractivity contribution in [2.24, 2.45) is 0 Å². The number of hydrogen-bond donors (Lipinski definition) is 1. The van der Waals surface area contributed by atoms with Crippen molar-refractivity contribution >= 4 is 6.03 Å². The molecule has 0 radical (unpaired) electrons. The second-order valence-electron chi connectivity index (χ2n) is 5.47. The summed E-state index contributed by atoms with van der Waals surface area (Å²) >= 11 is 0. The topological polar surface area (TPSA) is 58.0 Å². The smallest absolute Gasteiger partial charge is 0.317 e. The summed E-state index contributed by atoms with van der Waals surface area (Å²) in [6.45, 7) is 11.0. The van der Waals surface area contributed by atoms with E-state index in [0.717, 1.165) is 37.8 Å². The maximum absolute atomic E-state index is 12.2. The maximum Gasteiger partial charge on any atom is 0.317 e. The van der Waals surface area contributed by atoms with Crippen LogP contribution in [0.3, 0.4) is 0 Å². The molecule has 124 valence electrons. The summed E-state index contributed by atoms with van der Waals surface area (Å²) < 4.78 is 11.2. The van der Waals surface area contributed by atoms with E-state index < -0.39 is 0 Å². The molecule has 1 aromatic rings. The maximum atomic E-state index is 12.2. The lowest BCUT2D eigenvalue weighted by Crippen LogP contribution is -2.46. The van der Waals surface area contributed by atoms with Gasteiger partial charge in [0.25, 0.3) is 0 Å². The lowest BCUT2D eigenvalue weighted by atomic mass is 10.1. The van der Waals surface area contributed by atoms with Crippen molar-refractivity contribution in [3.8, 4) is 0 Å². The first kappa shape index (κ1) is 16.8. The van der Waals surface area contributed by atoms with Crippen LogP contribution < -0.4 is 5.32 Å². The summed E-state index contributed by atoms with van der Waals surface area (Å²) in [5.74, 6) is 1.79. The minimum absolute atomic E-state index is 0.0217. The van der Waals surface area contributed by atoms with Gasteiger partial charge in [0.1, 0.15) is 11.5 Å². The third-order valence-corrected chi connectivity index (χ3v) is 4.07. The Labute approximate surface area is 132 Å². The zero-order valence-corrected chi connectivity index (χ0v) is 13.8. The minimum Gasteiger partial charge on any atom is -0.465 e. The van der Waals surface area contributed by atoms with E-state index in [4.69, 9.17) is 9.15 Å². The fourth-order valence-electron chi connectivity index (χ4n) is 2.74. The second kappa shape index (κ2) is 8.19. The average molecular weight is 309 g/mol. The Morgan fingerprint density at radius 3 is 2.55 bits per heavy atom. The Kier molecular flexibility index (Phi) is 6.27. The normalized spacial score (nSPS) is 17.2. The lowest BCUT2D eigenvalue weighted by Gasteiger charge is -2.33. The quantitative estimate of drug-likeness (QED) is 0.873. The van der Waals surface area contributed by atoms with Crippen LogP contribution in [0.5, 0.6) is 0 Å². The van der Waals surface area contributed by atoms with Gasteiger partial charge in [-0.1, -0.05) is 0 Å². The van der Waals surface area contributed by atoms with Crippen molar-refractivity contribution in [1.82, 2.24) is 15.1 Å². The van der Waals surface area contributed by atoms with Crippen LogP contribution in [-0.4, -0.2) is 61.8 Å². The number of aryl methyl sites for hydroxylation is 1. The van der Waals surface area contributed by atoms with Gasteiger partial charge < -0.3 is 19.4 Å². The number of rotatable bonds is 6. The van der Waals surface area contributed by atoms with Gasteiger partial charge in [0.15, 0.2) is 0 Å². The highest BCUT2D eigenvalue weighted by atomic mass is 16.5. The van der Waals surface area contributed by atoms with Crippen molar-refractivity contribution in [3.63, 3.8) is 0 Å². The van der Waals surface area contributed by atoms with E-state index in [9.17, 15) is 4.79 Å². The lowest BCUT2D eigenvalue weighted by molar-refractivity contribution is 0.0119. The summed E-state index contributed by atoms with van der Waals surface area (Å²) in [7, 11) is 0. The average Bonchev–Trinajstić information content (AvgIpc) is 2.96. The molecule has 0 bridgehead atoms. The molecule has 22 heavy (non-hydrogen) atoms. The number of hydrogen-bond acceptors (Lipinski definition) is 4. The number of urea groups is 1. The SMILES string of the molecule is CCN(CC)C(=O)NC[C@H](c1ccc(C)o1)N1CCOCC1. The monoisotopic (exact) mass is 309 g/mol. The van der Waals surface area contributed by atoms with E-state index in [1.54, 1.807) is 4.90 Å². The molecule has 1 fully saturated rings. The van der Waals surface area contributed by atoms with Gasteiger partial charge in [-0.15, -0.1) is 0 Å². The molecular weight excluding hydrogens is 282 g/mol. The number of nitrogens with one attached hydrogen (secondary N) is 1. The van der Waals surface area contributed by atoms with Gasteiger partial charge in [0, 0.05) is 32.7 Å². The van der Waals surface area contributed by atoms with E-state index in [0.29, 0.717) is 19.6 Å². The molecule has 1 saturated heterocycles. The van der Waals surface area contributed by atoms with Crippen LogP contribution >= 0.6 is 0 Å². The molecule has 1 aromatic heterocycles. The zero-order valence-electron chi connectivity index (χ0n) is 13.8. The number of amides is 2. The molecule has 0 spiro atoms. The Hall–Kier alpha value is -1.53. The Morgan fingerprint density at radius 1 is 1.32 bits per heavy atom. The van der Waals surface area contributed by atoms with E-state index in [1.165, 1.54) is 0 Å². The Morgan fingerprint density at radius 2 is 2.00 bits per heavy atom. The molecule has 2 rings (SSSR count). The molecule has 0 unspecified atom stereocenters. The first-order valence-electron chi connectivity index (χ1n) is 8.06. The van der Waals surface area contributed by atoms with Gasteiger partial charge >= 0.3 is 6.03 Å². The summed E-state index contributed by atoms with van der Waals surface area (Å²) in [4.78, 5) is 16.3. The highest BCUT2D eigenvalue weighted by molar-refractivity contribution is 5.74. The molecule has 1 aliphatic rings. The number of carbonyl (C=O) groups excluding carboxylic acids is 1. The van der Waals surface area contributed by atoms with Gasteiger partial charge in [-0.3, -0.25) is 4.90 Å². The molecule has 0 saturated carbocycles. The van der Waals surface area contributed by atoms with Crippen LogP contribution in [0.1, 0.15) is 31.4 Å². The molecule has 2 heterocycles. The van der Waals surface area contributed by atoms with Crippen molar-refractivity contribution < 1.29 is 13.9 Å². The van der Waals surface area contributed by atoms with Gasteiger partial charge in [0.2, 0.25) is 0 Å². The third kappa shape index (κ3) is 4.24. The summed E-state index contributed by atoms with van der Waals surface area (Å²) in [5, 5.41) is 3.03. The molecular formula is C16H27N3O3. The summed E-state index contributed by atoms with van der Waals surface area (Å²) in [6.07, 6.45) is 0. The molecule has 1 aliphatic heterocycles. The van der Waals surface area contributed by atoms with Crippen LogP contribution in [0.4, 0.5) is 4.79 Å². The second-order valence-corrected chi connectivity index (χ2v) is 5.47. The minimum atomic E-state index is -0.0217. The molecule has 0 aromatic carbocycles. The number of morpholine rings is 1. The fourth-order valence-corrected chi connectivity index (χ4v) is 2.74. The summed E-state index contributed by atoms with van der Waals surface area (Å²) in [6, 6.07) is 4.00. The van der Waals surface area contributed by atoms with Gasteiger partial charge in [0.05, 0.1) is 19.3 Å². The number of furan rings is 1. The van der Waals surface area contributed by atoms with Crippen LogP contribution in [0.25, 0.3) is 0 Å². The van der Waals surface area contributed by atoms with E-state index in [1.807, 2.05) is 32.9 Å². The Bertz CT molecular complexity index is 465. The van der Waals surface area contributed by atoms with E-state index >= 15 is 0 Å². The molecule has 6 heteroatoms. The van der Waals surface area contributed by atoms with E-state index in [-0.39, 0.29) is 12.1 Å². The largest absolute Gasteiger partial charge is 0.465 e. The van der Waals surface area contributed by atoms with Crippen molar-refractivity contribution in [2.75, 3.05) is 45.9 Å². The number of ether oxygens (including phenoxy) is 1. The van der Waals surface area contributed by atoms with Crippen LogP contribution in [0, 0.1) is 6.92 Å². The van der Waals surface area contributed by atoms with Crippen molar-refractivity contribution in [2.45, 2.75) is 26.8 Å². The van der Waals surface area contributed by atoms with Crippen LogP contribution in [-0.2, 0) is 4.74 Å². The van der Waals surface area contributed by atoms with Gasteiger partial charge in [-0.2, -0.15) is 0 Å². The molecule has 1 atom stereocenters. The van der Waals surface area contributed by atoms with Crippen LogP contribution in [0.15, 0.2) is 16.5 Å². The predicted molar refractivity (Wildman–Crippen MR) is 84.9 cm³/mol. The first-order chi connectivity index (χ1) is 10.7. The molecule has 1 N–H and O–H groups in total. The highest BCUT2D eigenvalue weighted by Crippen LogP contribution is 2.23. The van der Waals surface area contributed by atoms with Crippen molar-refractivity contribution in [1.29, 1.82) is 0 Å². The number of nitrogens with zero attached hydrogens (tertiary/aromatic N) is 2. The third-order valence-electron chi connectivity index (χ3n) is 4.07.